The number of hydrogen-bond acceptors (Lipinski definition) is 2. The number of rotatable bonds is 3. The lowest BCUT2D eigenvalue weighted by molar-refractivity contribution is 0.0600. The van der Waals surface area contributed by atoms with Crippen LogP contribution in [0, 0.1) is 5.82 Å². The van der Waals surface area contributed by atoms with E-state index in [2.05, 4.69) is 6.92 Å². The second-order valence-electron chi connectivity index (χ2n) is 5.21. The van der Waals surface area contributed by atoms with Crippen molar-refractivity contribution in [1.82, 2.24) is 4.90 Å². The van der Waals surface area contributed by atoms with E-state index in [4.69, 9.17) is 5.73 Å². The summed E-state index contributed by atoms with van der Waals surface area (Å²) in [5.41, 5.74) is 6.27. The van der Waals surface area contributed by atoms with E-state index in [1.807, 2.05) is 4.90 Å². The second kappa shape index (κ2) is 6.04. The average Bonchev–Trinajstić information content (AvgIpc) is 2.38. The summed E-state index contributed by atoms with van der Waals surface area (Å²) in [7, 11) is 0. The number of benzene rings is 1. The maximum Gasteiger partial charge on any atom is 0.254 e. The lowest BCUT2D eigenvalue weighted by Gasteiger charge is -2.36. The summed E-state index contributed by atoms with van der Waals surface area (Å²) in [6.07, 6.45) is 5.30. The van der Waals surface area contributed by atoms with Crippen molar-refractivity contribution in [2.75, 3.05) is 12.3 Å². The molecule has 0 radical (unpaired) electrons. The number of halogens is 1. The summed E-state index contributed by atoms with van der Waals surface area (Å²) in [4.78, 5) is 14.4. The van der Waals surface area contributed by atoms with Crippen molar-refractivity contribution in [3.8, 4) is 0 Å². The van der Waals surface area contributed by atoms with Gasteiger partial charge in [0.2, 0.25) is 0 Å². The van der Waals surface area contributed by atoms with E-state index in [0.29, 0.717) is 11.3 Å². The largest absolute Gasteiger partial charge is 0.399 e. The van der Waals surface area contributed by atoms with Gasteiger partial charge in [-0.2, -0.15) is 0 Å². The van der Waals surface area contributed by atoms with Gasteiger partial charge < -0.3 is 10.6 Å². The van der Waals surface area contributed by atoms with E-state index >= 15 is 0 Å². The maximum absolute atomic E-state index is 13.3. The highest BCUT2D eigenvalue weighted by Gasteiger charge is 2.27. The number of piperidine rings is 1. The molecule has 0 saturated carbocycles. The van der Waals surface area contributed by atoms with Gasteiger partial charge in [-0.15, -0.1) is 0 Å². The first-order valence-electron chi connectivity index (χ1n) is 6.99. The molecule has 1 atom stereocenters. The van der Waals surface area contributed by atoms with Crippen LogP contribution in [0.5, 0.6) is 0 Å². The predicted octanol–water partition coefficient (Wildman–Crippen LogP) is 3.20. The van der Waals surface area contributed by atoms with E-state index < -0.39 is 5.82 Å². The Morgan fingerprint density at radius 3 is 2.89 bits per heavy atom. The number of carbonyl (C=O) groups is 1. The smallest absolute Gasteiger partial charge is 0.254 e. The summed E-state index contributed by atoms with van der Waals surface area (Å²) in [5, 5.41) is 0. The van der Waals surface area contributed by atoms with Gasteiger partial charge in [0.05, 0.1) is 0 Å². The number of nitrogens with zero attached hydrogens (tertiary/aromatic N) is 1. The van der Waals surface area contributed by atoms with Crippen molar-refractivity contribution in [3.05, 3.63) is 29.6 Å². The highest BCUT2D eigenvalue weighted by molar-refractivity contribution is 5.95. The third-order valence-corrected chi connectivity index (χ3v) is 3.68. The summed E-state index contributed by atoms with van der Waals surface area (Å²) in [5.74, 6) is -0.545. The number of hydrogen-bond donors (Lipinski definition) is 1. The van der Waals surface area contributed by atoms with Gasteiger partial charge in [0.1, 0.15) is 5.82 Å². The molecule has 0 bridgehead atoms. The van der Waals surface area contributed by atoms with Crippen molar-refractivity contribution in [2.45, 2.75) is 45.1 Å². The summed E-state index contributed by atoms with van der Waals surface area (Å²) in [6, 6.07) is 4.35. The van der Waals surface area contributed by atoms with E-state index in [1.54, 1.807) is 6.07 Å². The lowest BCUT2D eigenvalue weighted by atomic mass is 9.97. The SMILES string of the molecule is CCCC1CCCCN1C(=O)c1cc(N)cc(F)c1. The number of nitrogen functional groups attached to an aromatic ring is 1. The molecule has 4 heteroatoms. The summed E-state index contributed by atoms with van der Waals surface area (Å²) in [6.45, 7) is 2.89. The third-order valence-electron chi connectivity index (χ3n) is 3.68. The monoisotopic (exact) mass is 264 g/mol. The molecule has 3 nitrogen and oxygen atoms in total. The van der Waals surface area contributed by atoms with Crippen LogP contribution in [0.1, 0.15) is 49.4 Å². The van der Waals surface area contributed by atoms with Gasteiger partial charge in [-0.1, -0.05) is 13.3 Å². The van der Waals surface area contributed by atoms with E-state index in [-0.39, 0.29) is 11.9 Å². The average molecular weight is 264 g/mol. The molecule has 2 N–H and O–H groups in total. The van der Waals surface area contributed by atoms with E-state index in [0.717, 1.165) is 32.2 Å². The molecule has 1 aromatic rings. The van der Waals surface area contributed by atoms with Crippen LogP contribution in [-0.4, -0.2) is 23.4 Å². The summed E-state index contributed by atoms with van der Waals surface area (Å²) < 4.78 is 13.3. The Morgan fingerprint density at radius 2 is 2.21 bits per heavy atom. The third kappa shape index (κ3) is 3.25. The predicted molar refractivity (Wildman–Crippen MR) is 74.4 cm³/mol. The van der Waals surface area contributed by atoms with Gasteiger partial charge in [0, 0.05) is 23.8 Å². The molecule has 0 aromatic heterocycles. The Bertz CT molecular complexity index is 439. The van der Waals surface area contributed by atoms with E-state index in [1.165, 1.54) is 18.6 Å². The quantitative estimate of drug-likeness (QED) is 0.852. The summed E-state index contributed by atoms with van der Waals surface area (Å²) >= 11 is 0. The fourth-order valence-corrected chi connectivity index (χ4v) is 2.80. The van der Waals surface area contributed by atoms with Crippen LogP contribution in [0.3, 0.4) is 0 Å². The van der Waals surface area contributed by atoms with Crippen molar-refractivity contribution >= 4 is 11.6 Å². The molecule has 1 aliphatic rings. The molecule has 1 fully saturated rings. The van der Waals surface area contributed by atoms with Crippen LogP contribution < -0.4 is 5.73 Å². The van der Waals surface area contributed by atoms with Crippen LogP contribution >= 0.6 is 0 Å². The van der Waals surface area contributed by atoms with Gasteiger partial charge in [-0.25, -0.2) is 4.39 Å². The minimum atomic E-state index is -0.451. The van der Waals surface area contributed by atoms with Crippen LogP contribution in [0.2, 0.25) is 0 Å². The van der Waals surface area contributed by atoms with Gasteiger partial charge >= 0.3 is 0 Å². The van der Waals surface area contributed by atoms with Crippen molar-refractivity contribution in [3.63, 3.8) is 0 Å². The molecule has 1 aromatic carbocycles. The first-order valence-corrected chi connectivity index (χ1v) is 6.99. The van der Waals surface area contributed by atoms with Crippen molar-refractivity contribution < 1.29 is 9.18 Å². The molecule has 1 unspecified atom stereocenters. The Hall–Kier alpha value is -1.58. The molecule has 0 spiro atoms. The van der Waals surface area contributed by atoms with Gasteiger partial charge in [-0.3, -0.25) is 4.79 Å². The highest BCUT2D eigenvalue weighted by atomic mass is 19.1. The van der Waals surface area contributed by atoms with Crippen LogP contribution in [0.4, 0.5) is 10.1 Å². The molecule has 0 aliphatic carbocycles. The molecule has 104 valence electrons. The topological polar surface area (TPSA) is 46.3 Å². The Labute approximate surface area is 113 Å². The molecule has 1 amide bonds. The second-order valence-corrected chi connectivity index (χ2v) is 5.21. The van der Waals surface area contributed by atoms with Gasteiger partial charge in [0.25, 0.3) is 5.91 Å². The lowest BCUT2D eigenvalue weighted by Crippen LogP contribution is -2.43. The fourth-order valence-electron chi connectivity index (χ4n) is 2.80. The van der Waals surface area contributed by atoms with Gasteiger partial charge in [-0.05, 0) is 43.9 Å². The molecule has 1 saturated heterocycles. The number of nitrogens with two attached hydrogens (primary N) is 1. The number of amides is 1. The molecule has 1 heterocycles. The number of anilines is 1. The number of likely N-dealkylation sites (tertiary alicyclic amines) is 1. The minimum Gasteiger partial charge on any atom is -0.399 e. The maximum atomic E-state index is 13.3. The molecule has 2 rings (SSSR count). The Balaban J connectivity index is 2.20. The Kier molecular flexibility index (Phi) is 4.40. The number of carbonyl (C=O) groups excluding carboxylic acids is 1. The zero-order valence-corrected chi connectivity index (χ0v) is 11.4. The Morgan fingerprint density at radius 1 is 1.42 bits per heavy atom. The van der Waals surface area contributed by atoms with Crippen LogP contribution in [0.25, 0.3) is 0 Å². The molecular weight excluding hydrogens is 243 g/mol. The molecule has 1 aliphatic heterocycles. The molecular formula is C15H21FN2O. The highest BCUT2D eigenvalue weighted by Crippen LogP contribution is 2.23. The normalized spacial score (nSPS) is 19.5. The molecule has 19 heavy (non-hydrogen) atoms. The van der Waals surface area contributed by atoms with Crippen LogP contribution in [-0.2, 0) is 0 Å². The van der Waals surface area contributed by atoms with Gasteiger partial charge in [0.15, 0.2) is 0 Å². The standard InChI is InChI=1S/C15H21FN2O/c1-2-5-14-6-3-4-7-18(14)15(19)11-8-12(16)10-13(17)9-11/h8-10,14H,2-7,17H2,1H3. The zero-order chi connectivity index (χ0) is 13.8. The first kappa shape index (κ1) is 13.8. The first-order chi connectivity index (χ1) is 9.11. The fraction of sp³-hybridized carbons (Fsp3) is 0.533. The van der Waals surface area contributed by atoms with Crippen molar-refractivity contribution in [1.29, 1.82) is 0 Å². The van der Waals surface area contributed by atoms with E-state index in [9.17, 15) is 9.18 Å². The van der Waals surface area contributed by atoms with Crippen LogP contribution in [0.15, 0.2) is 18.2 Å². The minimum absolute atomic E-state index is 0.0932. The van der Waals surface area contributed by atoms with Crippen molar-refractivity contribution in [2.24, 2.45) is 0 Å². The zero-order valence-electron chi connectivity index (χ0n) is 11.4.